The van der Waals surface area contributed by atoms with Crippen molar-refractivity contribution in [3.8, 4) is 0 Å². The Hall–Kier alpha value is -2.10. The summed E-state index contributed by atoms with van der Waals surface area (Å²) in [6.07, 6.45) is 0. The number of nitrogens with one attached hydrogen (secondary N) is 2. The predicted molar refractivity (Wildman–Crippen MR) is 86.8 cm³/mol. The molecule has 1 heterocycles. The normalized spacial score (nSPS) is 11.1. The first-order valence-electron chi connectivity index (χ1n) is 7.39. The summed E-state index contributed by atoms with van der Waals surface area (Å²) in [6.45, 7) is 9.04. The lowest BCUT2D eigenvalue weighted by Gasteiger charge is -2.10. The molecule has 0 bridgehead atoms. The molecule has 0 aliphatic carbocycles. The van der Waals surface area contributed by atoms with Crippen molar-refractivity contribution in [3.63, 3.8) is 0 Å². The van der Waals surface area contributed by atoms with E-state index in [1.807, 2.05) is 13.8 Å². The maximum Gasteiger partial charge on any atom is 0.252 e. The maximum atomic E-state index is 11.6. The summed E-state index contributed by atoms with van der Waals surface area (Å²) in [6, 6.07) is 10.0. The van der Waals surface area contributed by atoms with Gasteiger partial charge in [0.1, 0.15) is 11.6 Å². The van der Waals surface area contributed by atoms with Crippen LogP contribution in [0.4, 0.5) is 5.82 Å². The second-order valence-corrected chi connectivity index (χ2v) is 5.92. The summed E-state index contributed by atoms with van der Waals surface area (Å²) < 4.78 is 0. The molecule has 2 rings (SSSR count). The lowest BCUT2D eigenvalue weighted by Crippen LogP contribution is -2.14. The van der Waals surface area contributed by atoms with Crippen molar-refractivity contribution >= 4 is 5.82 Å². The van der Waals surface area contributed by atoms with Crippen molar-refractivity contribution in [2.24, 2.45) is 0 Å². The Balaban J connectivity index is 2.07. The van der Waals surface area contributed by atoms with Gasteiger partial charge >= 0.3 is 0 Å². The van der Waals surface area contributed by atoms with Gasteiger partial charge < -0.3 is 10.3 Å². The average molecular weight is 285 g/mol. The molecule has 0 saturated heterocycles. The molecule has 0 fully saturated rings. The van der Waals surface area contributed by atoms with Crippen molar-refractivity contribution in [1.82, 2.24) is 9.97 Å². The quantitative estimate of drug-likeness (QED) is 0.882. The van der Waals surface area contributed by atoms with Gasteiger partial charge in [-0.05, 0) is 17.0 Å². The number of anilines is 1. The molecule has 2 aromatic rings. The Kier molecular flexibility index (Phi) is 4.78. The highest BCUT2D eigenvalue weighted by atomic mass is 16.1. The number of nitrogens with zero attached hydrogens (tertiary/aromatic N) is 1. The van der Waals surface area contributed by atoms with Crippen LogP contribution in [-0.4, -0.2) is 9.97 Å². The van der Waals surface area contributed by atoms with Gasteiger partial charge in [-0.3, -0.25) is 4.79 Å². The summed E-state index contributed by atoms with van der Waals surface area (Å²) in [7, 11) is 0. The van der Waals surface area contributed by atoms with Crippen molar-refractivity contribution in [2.45, 2.75) is 46.1 Å². The fraction of sp³-hybridized carbons (Fsp3) is 0.412. The first-order chi connectivity index (χ1) is 9.95. The van der Waals surface area contributed by atoms with Gasteiger partial charge in [0.2, 0.25) is 0 Å². The van der Waals surface area contributed by atoms with Crippen LogP contribution in [0, 0.1) is 0 Å². The molecule has 4 nitrogen and oxygen atoms in total. The molecule has 0 saturated carbocycles. The lowest BCUT2D eigenvalue weighted by molar-refractivity contribution is 0.766. The minimum Gasteiger partial charge on any atom is -0.366 e. The van der Waals surface area contributed by atoms with Crippen LogP contribution < -0.4 is 10.9 Å². The molecular weight excluding hydrogens is 262 g/mol. The van der Waals surface area contributed by atoms with Gasteiger partial charge in [0.15, 0.2) is 0 Å². The minimum atomic E-state index is -0.119. The highest BCUT2D eigenvalue weighted by molar-refractivity contribution is 5.35. The van der Waals surface area contributed by atoms with Crippen molar-refractivity contribution in [1.29, 1.82) is 0 Å². The van der Waals surface area contributed by atoms with Crippen LogP contribution in [-0.2, 0) is 6.54 Å². The smallest absolute Gasteiger partial charge is 0.252 e. The molecule has 112 valence electrons. The first kappa shape index (κ1) is 15.3. The Morgan fingerprint density at radius 1 is 1.10 bits per heavy atom. The molecule has 1 aromatic heterocycles. The number of aromatic nitrogens is 2. The highest BCUT2D eigenvalue weighted by Gasteiger charge is 2.05. The van der Waals surface area contributed by atoms with E-state index < -0.39 is 0 Å². The zero-order chi connectivity index (χ0) is 15.4. The molecule has 0 atom stereocenters. The first-order valence-corrected chi connectivity index (χ1v) is 7.39. The third kappa shape index (κ3) is 4.18. The van der Waals surface area contributed by atoms with Gasteiger partial charge in [0.25, 0.3) is 5.56 Å². The zero-order valence-corrected chi connectivity index (χ0v) is 13.1. The molecule has 0 amide bonds. The Morgan fingerprint density at radius 2 is 1.76 bits per heavy atom. The Bertz CT molecular complexity index is 642. The summed E-state index contributed by atoms with van der Waals surface area (Å²) in [5, 5.41) is 3.21. The van der Waals surface area contributed by atoms with Gasteiger partial charge in [-0.1, -0.05) is 52.0 Å². The standard InChI is InChI=1S/C17H23N3O/c1-11(2)14-7-5-13(6-8-14)10-18-15-9-16(21)20-17(19-15)12(3)4/h5-9,11-12H,10H2,1-4H3,(H2,18,19,20,21). The number of hydrogen-bond acceptors (Lipinski definition) is 3. The highest BCUT2D eigenvalue weighted by Crippen LogP contribution is 2.15. The number of H-pyrrole nitrogens is 1. The van der Waals surface area contributed by atoms with E-state index in [2.05, 4.69) is 53.4 Å². The van der Waals surface area contributed by atoms with Crippen LogP contribution in [0.3, 0.4) is 0 Å². The molecule has 0 aliphatic rings. The van der Waals surface area contributed by atoms with Crippen LogP contribution >= 0.6 is 0 Å². The third-order valence-electron chi connectivity index (χ3n) is 3.43. The van der Waals surface area contributed by atoms with Crippen LogP contribution in [0.25, 0.3) is 0 Å². The van der Waals surface area contributed by atoms with E-state index in [4.69, 9.17) is 0 Å². The van der Waals surface area contributed by atoms with E-state index >= 15 is 0 Å². The second-order valence-electron chi connectivity index (χ2n) is 5.92. The topological polar surface area (TPSA) is 57.8 Å². The van der Waals surface area contributed by atoms with E-state index in [-0.39, 0.29) is 11.5 Å². The van der Waals surface area contributed by atoms with Gasteiger partial charge in [0, 0.05) is 18.5 Å². The average Bonchev–Trinajstić information content (AvgIpc) is 2.45. The number of hydrogen-bond donors (Lipinski definition) is 2. The lowest BCUT2D eigenvalue weighted by atomic mass is 10.0. The molecular formula is C17H23N3O. The van der Waals surface area contributed by atoms with Crippen molar-refractivity contribution in [2.75, 3.05) is 5.32 Å². The zero-order valence-electron chi connectivity index (χ0n) is 13.1. The second kappa shape index (κ2) is 6.57. The fourth-order valence-corrected chi connectivity index (χ4v) is 2.05. The Morgan fingerprint density at radius 3 is 2.33 bits per heavy atom. The fourth-order valence-electron chi connectivity index (χ4n) is 2.05. The molecule has 0 aliphatic heterocycles. The van der Waals surface area contributed by atoms with Gasteiger partial charge in [0.05, 0.1) is 0 Å². The van der Waals surface area contributed by atoms with Crippen LogP contribution in [0.1, 0.15) is 56.5 Å². The van der Waals surface area contributed by atoms with E-state index in [1.54, 1.807) is 0 Å². The molecule has 4 heteroatoms. The molecule has 0 radical (unpaired) electrons. The molecule has 21 heavy (non-hydrogen) atoms. The van der Waals surface area contributed by atoms with E-state index in [0.717, 1.165) is 0 Å². The van der Waals surface area contributed by atoms with Gasteiger partial charge in [-0.15, -0.1) is 0 Å². The van der Waals surface area contributed by atoms with E-state index in [1.165, 1.54) is 17.2 Å². The largest absolute Gasteiger partial charge is 0.366 e. The summed E-state index contributed by atoms with van der Waals surface area (Å²) in [4.78, 5) is 18.8. The van der Waals surface area contributed by atoms with Crippen LogP contribution in [0.15, 0.2) is 35.1 Å². The molecule has 0 unspecified atom stereocenters. The van der Waals surface area contributed by atoms with Crippen LogP contribution in [0.5, 0.6) is 0 Å². The van der Waals surface area contributed by atoms with E-state index in [9.17, 15) is 4.79 Å². The summed E-state index contributed by atoms with van der Waals surface area (Å²) >= 11 is 0. The molecule has 1 aromatic carbocycles. The van der Waals surface area contributed by atoms with Crippen molar-refractivity contribution < 1.29 is 0 Å². The summed E-state index contributed by atoms with van der Waals surface area (Å²) in [5.74, 6) is 2.07. The van der Waals surface area contributed by atoms with Crippen molar-refractivity contribution in [3.05, 3.63) is 57.6 Å². The predicted octanol–water partition coefficient (Wildman–Crippen LogP) is 3.63. The van der Waals surface area contributed by atoms with Crippen LogP contribution in [0.2, 0.25) is 0 Å². The van der Waals surface area contributed by atoms with E-state index in [0.29, 0.717) is 24.1 Å². The number of benzene rings is 1. The van der Waals surface area contributed by atoms with Gasteiger partial charge in [-0.2, -0.15) is 0 Å². The Labute approximate surface area is 125 Å². The SMILES string of the molecule is CC(C)c1ccc(CNc2cc(=O)[nH]c(C(C)C)n2)cc1. The van der Waals surface area contributed by atoms with Gasteiger partial charge in [-0.25, -0.2) is 4.98 Å². The monoisotopic (exact) mass is 285 g/mol. The minimum absolute atomic E-state index is 0.119. The number of aromatic amines is 1. The third-order valence-corrected chi connectivity index (χ3v) is 3.43. The number of rotatable bonds is 5. The molecule has 0 spiro atoms. The maximum absolute atomic E-state index is 11.6. The summed E-state index contributed by atoms with van der Waals surface area (Å²) in [5.41, 5.74) is 2.38. The molecule has 2 N–H and O–H groups in total.